The predicted molar refractivity (Wildman–Crippen MR) is 99.9 cm³/mol. The molecule has 2 atom stereocenters. The Kier molecular flexibility index (Phi) is 6.07. The summed E-state index contributed by atoms with van der Waals surface area (Å²) in [5.74, 6) is 0.888. The first kappa shape index (κ1) is 17.5. The number of hydrogen-bond donors (Lipinski definition) is 2. The molecule has 3 rings (SSSR count). The topological polar surface area (TPSA) is 42.8 Å². The highest BCUT2D eigenvalue weighted by Crippen LogP contribution is 2.17. The van der Waals surface area contributed by atoms with Gasteiger partial charge in [-0.25, -0.2) is 0 Å². The number of piperidine rings is 1. The molecule has 0 aromatic heterocycles. The minimum Gasteiger partial charge on any atom is -0.489 e. The standard InChI is InChI=1S/C21H26N2O2/c1-17-7-5-6-14-23(17)15-21(24)22-19-10-12-20(13-11-19)25-16-18-8-3-2-4-9-18/h2-4,8-13,17H,5-7,14-16H2,1H3,(H,22,24)/p+1/t17-/m0/s1. The van der Waals surface area contributed by atoms with Gasteiger partial charge >= 0.3 is 0 Å². The van der Waals surface area contributed by atoms with E-state index >= 15 is 0 Å². The summed E-state index contributed by atoms with van der Waals surface area (Å²) >= 11 is 0. The SMILES string of the molecule is C[C@H]1CCCC[NH+]1CC(=O)Nc1ccc(OCc2ccccc2)cc1. The van der Waals surface area contributed by atoms with Crippen LogP contribution in [0.3, 0.4) is 0 Å². The fourth-order valence-corrected chi connectivity index (χ4v) is 3.30. The number of likely N-dealkylation sites (tertiary alicyclic amines) is 1. The van der Waals surface area contributed by atoms with Gasteiger partial charge in [-0.05, 0) is 56.0 Å². The predicted octanol–water partition coefficient (Wildman–Crippen LogP) is 2.66. The number of carbonyl (C=O) groups excluding carboxylic acids is 1. The van der Waals surface area contributed by atoms with E-state index in [0.29, 0.717) is 19.2 Å². The summed E-state index contributed by atoms with van der Waals surface area (Å²) in [5, 5.41) is 3.00. The van der Waals surface area contributed by atoms with Gasteiger partial charge in [0.2, 0.25) is 0 Å². The molecule has 1 aliphatic rings. The van der Waals surface area contributed by atoms with Crippen molar-refractivity contribution in [2.45, 2.75) is 38.8 Å². The van der Waals surface area contributed by atoms with Gasteiger partial charge in [-0.3, -0.25) is 4.79 Å². The van der Waals surface area contributed by atoms with Crippen LogP contribution in [-0.4, -0.2) is 25.0 Å². The van der Waals surface area contributed by atoms with Gasteiger partial charge in [-0.15, -0.1) is 0 Å². The van der Waals surface area contributed by atoms with Crippen LogP contribution in [0.25, 0.3) is 0 Å². The number of ether oxygens (including phenoxy) is 1. The van der Waals surface area contributed by atoms with E-state index in [1.165, 1.54) is 24.2 Å². The molecule has 25 heavy (non-hydrogen) atoms. The van der Waals surface area contributed by atoms with Gasteiger partial charge in [0, 0.05) is 5.69 Å². The van der Waals surface area contributed by atoms with Crippen LogP contribution in [0.15, 0.2) is 54.6 Å². The summed E-state index contributed by atoms with van der Waals surface area (Å²) in [6, 6.07) is 18.2. The lowest BCUT2D eigenvalue weighted by molar-refractivity contribution is -0.920. The fraction of sp³-hybridized carbons (Fsp3) is 0.381. The van der Waals surface area contributed by atoms with Crippen LogP contribution in [0, 0.1) is 0 Å². The van der Waals surface area contributed by atoms with E-state index in [2.05, 4.69) is 12.2 Å². The highest BCUT2D eigenvalue weighted by Gasteiger charge is 2.24. The Bertz CT molecular complexity index is 670. The van der Waals surface area contributed by atoms with E-state index in [0.717, 1.165) is 23.5 Å². The van der Waals surface area contributed by atoms with Gasteiger partial charge < -0.3 is 15.0 Å². The molecular formula is C21H27N2O2+. The van der Waals surface area contributed by atoms with E-state index in [9.17, 15) is 4.79 Å². The number of nitrogens with one attached hydrogen (secondary N) is 2. The molecule has 1 amide bonds. The van der Waals surface area contributed by atoms with Crippen molar-refractivity contribution in [2.75, 3.05) is 18.4 Å². The molecule has 2 aromatic rings. The Hall–Kier alpha value is -2.33. The van der Waals surface area contributed by atoms with Crippen molar-refractivity contribution >= 4 is 11.6 Å². The van der Waals surface area contributed by atoms with Crippen LogP contribution in [0.4, 0.5) is 5.69 Å². The van der Waals surface area contributed by atoms with Crippen LogP contribution >= 0.6 is 0 Å². The Morgan fingerprint density at radius 3 is 2.60 bits per heavy atom. The minimum absolute atomic E-state index is 0.0849. The fourth-order valence-electron chi connectivity index (χ4n) is 3.30. The second kappa shape index (κ2) is 8.67. The van der Waals surface area contributed by atoms with Crippen molar-refractivity contribution in [3.63, 3.8) is 0 Å². The van der Waals surface area contributed by atoms with Crippen molar-refractivity contribution in [1.82, 2.24) is 0 Å². The normalized spacial score (nSPS) is 20.0. The van der Waals surface area contributed by atoms with Crippen LogP contribution in [0.1, 0.15) is 31.7 Å². The Balaban J connectivity index is 1.47. The largest absolute Gasteiger partial charge is 0.489 e. The van der Waals surface area contributed by atoms with Gasteiger partial charge in [-0.2, -0.15) is 0 Å². The highest BCUT2D eigenvalue weighted by molar-refractivity contribution is 5.91. The lowest BCUT2D eigenvalue weighted by Crippen LogP contribution is -3.17. The number of anilines is 1. The zero-order valence-corrected chi connectivity index (χ0v) is 14.8. The van der Waals surface area contributed by atoms with Gasteiger partial charge in [0.05, 0.1) is 12.6 Å². The maximum atomic E-state index is 12.3. The summed E-state index contributed by atoms with van der Waals surface area (Å²) in [5.41, 5.74) is 1.96. The molecule has 2 N–H and O–H groups in total. The minimum atomic E-state index is 0.0849. The molecule has 1 saturated heterocycles. The number of carbonyl (C=O) groups is 1. The quantitative estimate of drug-likeness (QED) is 0.850. The smallest absolute Gasteiger partial charge is 0.279 e. The summed E-state index contributed by atoms with van der Waals surface area (Å²) in [6.07, 6.45) is 3.73. The summed E-state index contributed by atoms with van der Waals surface area (Å²) in [4.78, 5) is 13.7. The molecule has 1 fully saturated rings. The first-order chi connectivity index (χ1) is 12.2. The number of hydrogen-bond acceptors (Lipinski definition) is 2. The zero-order valence-electron chi connectivity index (χ0n) is 14.8. The second-order valence-electron chi connectivity index (χ2n) is 6.83. The van der Waals surface area contributed by atoms with E-state index in [4.69, 9.17) is 4.74 Å². The summed E-state index contributed by atoms with van der Waals surface area (Å²) in [7, 11) is 0. The average molecular weight is 339 g/mol. The third-order valence-corrected chi connectivity index (χ3v) is 4.86. The molecular weight excluding hydrogens is 312 g/mol. The van der Waals surface area contributed by atoms with Crippen LogP contribution in [0.5, 0.6) is 5.75 Å². The third kappa shape index (κ3) is 5.33. The average Bonchev–Trinajstić information content (AvgIpc) is 2.64. The molecule has 132 valence electrons. The van der Waals surface area contributed by atoms with Crippen molar-refractivity contribution in [3.05, 3.63) is 60.2 Å². The van der Waals surface area contributed by atoms with Gasteiger partial charge in [0.15, 0.2) is 6.54 Å². The van der Waals surface area contributed by atoms with Gasteiger partial charge in [0.1, 0.15) is 12.4 Å². The lowest BCUT2D eigenvalue weighted by Gasteiger charge is -2.29. The molecule has 0 saturated carbocycles. The van der Waals surface area contributed by atoms with Crippen LogP contribution < -0.4 is 15.0 Å². The second-order valence-corrected chi connectivity index (χ2v) is 6.83. The van der Waals surface area contributed by atoms with E-state index in [-0.39, 0.29) is 5.91 Å². The maximum absolute atomic E-state index is 12.3. The van der Waals surface area contributed by atoms with E-state index < -0.39 is 0 Å². The molecule has 2 aromatic carbocycles. The zero-order chi connectivity index (χ0) is 17.5. The summed E-state index contributed by atoms with van der Waals surface area (Å²) in [6.45, 7) is 4.43. The van der Waals surface area contributed by atoms with Crippen molar-refractivity contribution in [1.29, 1.82) is 0 Å². The van der Waals surface area contributed by atoms with Gasteiger partial charge in [0.25, 0.3) is 5.91 Å². The molecule has 1 unspecified atom stereocenters. The maximum Gasteiger partial charge on any atom is 0.279 e. The summed E-state index contributed by atoms with van der Waals surface area (Å²) < 4.78 is 5.77. The number of amides is 1. The number of benzene rings is 2. The molecule has 0 radical (unpaired) electrons. The van der Waals surface area contributed by atoms with E-state index in [1.54, 1.807) is 0 Å². The molecule has 1 heterocycles. The number of quaternary nitrogens is 1. The van der Waals surface area contributed by atoms with E-state index in [1.807, 2.05) is 54.6 Å². The Labute approximate surface area is 149 Å². The van der Waals surface area contributed by atoms with Crippen molar-refractivity contribution in [2.24, 2.45) is 0 Å². The third-order valence-electron chi connectivity index (χ3n) is 4.86. The van der Waals surface area contributed by atoms with Crippen LogP contribution in [0.2, 0.25) is 0 Å². The molecule has 0 spiro atoms. The van der Waals surface area contributed by atoms with Crippen molar-refractivity contribution < 1.29 is 14.4 Å². The monoisotopic (exact) mass is 339 g/mol. The van der Waals surface area contributed by atoms with Crippen LogP contribution in [-0.2, 0) is 11.4 Å². The first-order valence-corrected chi connectivity index (χ1v) is 9.12. The molecule has 0 aliphatic carbocycles. The molecule has 4 nitrogen and oxygen atoms in total. The lowest BCUT2D eigenvalue weighted by atomic mass is 10.0. The van der Waals surface area contributed by atoms with Gasteiger partial charge in [-0.1, -0.05) is 30.3 Å². The molecule has 1 aliphatic heterocycles. The highest BCUT2D eigenvalue weighted by atomic mass is 16.5. The number of rotatable bonds is 6. The molecule has 4 heteroatoms. The molecule has 0 bridgehead atoms. The first-order valence-electron chi connectivity index (χ1n) is 9.12. The Morgan fingerprint density at radius 2 is 1.88 bits per heavy atom. The Morgan fingerprint density at radius 1 is 1.12 bits per heavy atom. The van der Waals surface area contributed by atoms with Crippen molar-refractivity contribution in [3.8, 4) is 5.75 Å².